The first-order chi connectivity index (χ1) is 24.4. The van der Waals surface area contributed by atoms with Gasteiger partial charge >= 0.3 is 6.03 Å². The monoisotopic (exact) mass is 737 g/mol. The molecule has 17 heteroatoms. The van der Waals surface area contributed by atoms with E-state index >= 15 is 0 Å². The molecule has 0 spiro atoms. The number of hydrogen-bond donors (Lipinski definition) is 7. The maximum absolute atomic E-state index is 12.2. The maximum atomic E-state index is 12.2. The number of primary amides is 2. The molecule has 51 heavy (non-hydrogen) atoms. The predicted molar refractivity (Wildman–Crippen MR) is 199 cm³/mol. The molecule has 0 aromatic rings. The van der Waals surface area contributed by atoms with Crippen LogP contribution in [0.2, 0.25) is 0 Å². The minimum Gasteiger partial charge on any atom is -0.379 e. The zero-order chi connectivity index (χ0) is 39.3. The van der Waals surface area contributed by atoms with Crippen LogP contribution in [0.3, 0.4) is 0 Å². The lowest BCUT2D eigenvalue weighted by molar-refractivity contribution is -0.125. The smallest absolute Gasteiger partial charge is 0.312 e. The summed E-state index contributed by atoms with van der Waals surface area (Å²) in [5, 5.41) is 13.8. The van der Waals surface area contributed by atoms with Gasteiger partial charge in [0.05, 0.1) is 71.0 Å². The number of aldehydes is 1. The molecule has 0 fully saturated rings. The summed E-state index contributed by atoms with van der Waals surface area (Å²) in [4.78, 5) is 57.9. The molecule has 0 aliphatic rings. The molecular formula is C34H72N8O9. The summed E-state index contributed by atoms with van der Waals surface area (Å²) in [6.45, 7) is 13.0. The van der Waals surface area contributed by atoms with Gasteiger partial charge in [-0.25, -0.2) is 4.79 Å². The molecule has 3 unspecified atom stereocenters. The van der Waals surface area contributed by atoms with Gasteiger partial charge in [-0.3, -0.25) is 14.4 Å². The minimum absolute atomic E-state index is 0.00395. The lowest BCUT2D eigenvalue weighted by Crippen LogP contribution is -2.43. The third-order valence-corrected chi connectivity index (χ3v) is 7.00. The van der Waals surface area contributed by atoms with Crippen LogP contribution in [0.4, 0.5) is 4.79 Å². The fourth-order valence-electron chi connectivity index (χ4n) is 4.04. The second kappa shape index (κ2) is 38.3. The molecule has 0 saturated carbocycles. The fourth-order valence-corrected chi connectivity index (χ4v) is 4.04. The topological polar surface area (TPSA) is 238 Å². The lowest BCUT2D eigenvalue weighted by Gasteiger charge is -2.16. The summed E-state index contributed by atoms with van der Waals surface area (Å²) in [7, 11) is 7.57. The van der Waals surface area contributed by atoms with E-state index in [-0.39, 0.29) is 48.8 Å². The van der Waals surface area contributed by atoms with Gasteiger partial charge in [0.15, 0.2) is 0 Å². The summed E-state index contributed by atoms with van der Waals surface area (Å²) in [6.07, 6.45) is 5.10. The van der Waals surface area contributed by atoms with Crippen molar-refractivity contribution >= 4 is 30.0 Å². The third kappa shape index (κ3) is 36.7. The molecule has 0 radical (unpaired) electrons. The highest BCUT2D eigenvalue weighted by molar-refractivity contribution is 5.81. The predicted octanol–water partition coefficient (Wildman–Crippen LogP) is -0.247. The Morgan fingerprint density at radius 1 is 0.706 bits per heavy atom. The van der Waals surface area contributed by atoms with Crippen LogP contribution >= 0.6 is 0 Å². The highest BCUT2D eigenvalue weighted by Gasteiger charge is 2.16. The van der Waals surface area contributed by atoms with Crippen molar-refractivity contribution < 1.29 is 42.9 Å². The average Bonchev–Trinajstić information content (AvgIpc) is 3.09. The van der Waals surface area contributed by atoms with Gasteiger partial charge in [0.2, 0.25) is 17.7 Å². The largest absolute Gasteiger partial charge is 0.379 e. The highest BCUT2D eigenvalue weighted by atomic mass is 16.6. The molecule has 9 N–H and O–H groups in total. The molecule has 17 nitrogen and oxygen atoms in total. The van der Waals surface area contributed by atoms with Crippen LogP contribution in [0.15, 0.2) is 0 Å². The van der Waals surface area contributed by atoms with E-state index in [2.05, 4.69) is 31.5 Å². The van der Waals surface area contributed by atoms with Crippen molar-refractivity contribution in [2.24, 2.45) is 17.4 Å². The molecule has 3 atom stereocenters. The normalized spacial score (nSPS) is 12.4. The van der Waals surface area contributed by atoms with Gasteiger partial charge in [-0.05, 0) is 66.3 Å². The number of carbonyl (C=O) groups is 5. The van der Waals surface area contributed by atoms with Crippen LogP contribution in [0.1, 0.15) is 66.2 Å². The quantitative estimate of drug-likeness (QED) is 0.0361. The SMILES string of the molecule is CC.CNC(CCCCN(C)C)C(=O)NCCOCCOCCOCCOCCC(=O)NC(C=O)C(C)C.CNC(CCCNC(N)=O)C(N)=O. The molecule has 302 valence electrons. The number of amides is 5. The lowest BCUT2D eigenvalue weighted by atomic mass is 10.1. The molecule has 0 aromatic carbocycles. The molecule has 5 amide bonds. The van der Waals surface area contributed by atoms with Crippen LogP contribution in [0, 0.1) is 5.92 Å². The van der Waals surface area contributed by atoms with Crippen LogP contribution in [-0.4, -0.2) is 154 Å². The molecule has 0 heterocycles. The second-order valence-corrected chi connectivity index (χ2v) is 11.8. The van der Waals surface area contributed by atoms with E-state index in [1.54, 1.807) is 7.05 Å². The average molecular weight is 737 g/mol. The first-order valence-electron chi connectivity index (χ1n) is 18.0. The van der Waals surface area contributed by atoms with Gasteiger partial charge < -0.3 is 66.7 Å². The highest BCUT2D eigenvalue weighted by Crippen LogP contribution is 2.02. The Hall–Kier alpha value is -2.93. The van der Waals surface area contributed by atoms with Crippen molar-refractivity contribution in [3.63, 3.8) is 0 Å². The van der Waals surface area contributed by atoms with Gasteiger partial charge in [-0.1, -0.05) is 34.1 Å². The number of hydrogen-bond acceptors (Lipinski definition) is 12. The van der Waals surface area contributed by atoms with Gasteiger partial charge in [-0.15, -0.1) is 0 Å². The summed E-state index contributed by atoms with van der Waals surface area (Å²) in [6, 6.07) is -1.53. The molecule has 0 bridgehead atoms. The van der Waals surface area contributed by atoms with E-state index in [0.717, 1.165) is 32.1 Å². The van der Waals surface area contributed by atoms with Crippen molar-refractivity contribution in [2.75, 3.05) is 101 Å². The molecule has 0 rings (SSSR count). The van der Waals surface area contributed by atoms with Crippen molar-refractivity contribution in [3.8, 4) is 0 Å². The summed E-state index contributed by atoms with van der Waals surface area (Å²) < 4.78 is 21.7. The molecule has 0 aliphatic carbocycles. The summed E-state index contributed by atoms with van der Waals surface area (Å²) in [5.41, 5.74) is 9.92. The Bertz CT molecular complexity index is 870. The number of ether oxygens (including phenoxy) is 4. The van der Waals surface area contributed by atoms with Crippen LogP contribution in [0.5, 0.6) is 0 Å². The number of nitrogens with one attached hydrogen (secondary N) is 5. The number of carbonyl (C=O) groups excluding carboxylic acids is 5. The maximum Gasteiger partial charge on any atom is 0.312 e. The number of nitrogens with two attached hydrogens (primary N) is 2. The minimum atomic E-state index is -0.555. The first kappa shape index (κ1) is 52.4. The first-order valence-corrected chi connectivity index (χ1v) is 18.0. The standard InChI is InChI=1S/C25H50N4O7.C7H16N4O2.C2H6/c1-21(2)23(20-30)28-24(31)9-12-33-14-16-35-18-19-36-17-15-34-13-10-27-25(32)22(26-3)8-6-7-11-29(4)5;1-10-5(6(8)12)3-2-4-11-7(9)13;1-2/h20-23,26H,6-19H2,1-5H3,(H,27,32)(H,28,31);5,10H,2-4H2,1H3,(H2,8,12)(H3,9,11,13);1-2H3. The zero-order valence-corrected chi connectivity index (χ0v) is 32.7. The van der Waals surface area contributed by atoms with Crippen LogP contribution in [-0.2, 0) is 38.1 Å². The summed E-state index contributed by atoms with van der Waals surface area (Å²) >= 11 is 0. The Balaban J connectivity index is -0.00000128. The van der Waals surface area contributed by atoms with Gasteiger partial charge in [0.1, 0.15) is 6.29 Å². The zero-order valence-electron chi connectivity index (χ0n) is 32.7. The van der Waals surface area contributed by atoms with E-state index in [1.165, 1.54) is 0 Å². The van der Waals surface area contributed by atoms with E-state index in [4.69, 9.17) is 30.4 Å². The number of unbranched alkanes of at least 4 members (excludes halogenated alkanes) is 1. The molecule has 0 aliphatic heterocycles. The fraction of sp³-hybridized carbons (Fsp3) is 0.853. The number of rotatable bonds is 31. The third-order valence-electron chi connectivity index (χ3n) is 7.00. The van der Waals surface area contributed by atoms with E-state index in [1.807, 2.05) is 48.8 Å². The molecule has 0 aromatic heterocycles. The number of urea groups is 1. The van der Waals surface area contributed by atoms with Crippen molar-refractivity contribution in [3.05, 3.63) is 0 Å². The van der Waals surface area contributed by atoms with Crippen molar-refractivity contribution in [1.82, 2.24) is 31.5 Å². The Morgan fingerprint density at radius 3 is 1.67 bits per heavy atom. The van der Waals surface area contributed by atoms with Crippen LogP contribution in [0.25, 0.3) is 0 Å². The van der Waals surface area contributed by atoms with Gasteiger partial charge in [0.25, 0.3) is 0 Å². The van der Waals surface area contributed by atoms with Gasteiger partial charge in [-0.2, -0.15) is 0 Å². The van der Waals surface area contributed by atoms with E-state index < -0.39 is 12.1 Å². The van der Waals surface area contributed by atoms with Crippen molar-refractivity contribution in [1.29, 1.82) is 0 Å². The Kier molecular flexibility index (Phi) is 39.4. The van der Waals surface area contributed by atoms with Crippen LogP contribution < -0.4 is 38.1 Å². The Morgan fingerprint density at radius 2 is 1.22 bits per heavy atom. The number of likely N-dealkylation sites (N-methyl/N-ethyl adjacent to an activating group) is 2. The van der Waals surface area contributed by atoms with E-state index in [9.17, 15) is 24.0 Å². The molecule has 0 saturated heterocycles. The Labute approximate surface area is 306 Å². The number of nitrogens with zero attached hydrogens (tertiary/aromatic N) is 1. The van der Waals surface area contributed by atoms with Crippen molar-refractivity contribution in [2.45, 2.75) is 84.3 Å². The van der Waals surface area contributed by atoms with Gasteiger partial charge in [0, 0.05) is 19.5 Å². The van der Waals surface area contributed by atoms with E-state index in [0.29, 0.717) is 72.2 Å². The summed E-state index contributed by atoms with van der Waals surface area (Å²) in [5.74, 6) is -0.523. The molecular weight excluding hydrogens is 664 g/mol. The second-order valence-electron chi connectivity index (χ2n) is 11.8.